The molecule has 0 nitrogen and oxygen atoms in total. The summed E-state index contributed by atoms with van der Waals surface area (Å²) in [5.41, 5.74) is 2.51. The van der Waals surface area contributed by atoms with Gasteiger partial charge in [0.05, 0.1) is 0 Å². The molecule has 0 saturated heterocycles. The highest BCUT2D eigenvalue weighted by Gasteiger charge is 2.13. The number of hydrogen-bond acceptors (Lipinski definition) is 0. The molecule has 0 amide bonds. The fraction of sp³-hybridized carbons (Fsp3) is 0. The molecule has 0 aliphatic carbocycles. The van der Waals surface area contributed by atoms with E-state index in [1.165, 1.54) is 86.5 Å². The number of hydrogen-bond donors (Lipinski definition) is 0. The van der Waals surface area contributed by atoms with Crippen molar-refractivity contribution in [1.82, 2.24) is 0 Å². The summed E-state index contributed by atoms with van der Waals surface area (Å²) in [6.07, 6.45) is 0. The maximum Gasteiger partial charge on any atom is -0.00204 e. The second-order valence-corrected chi connectivity index (χ2v) is 10.5. The highest BCUT2D eigenvalue weighted by atomic mass is 14.2. The van der Waals surface area contributed by atoms with Crippen molar-refractivity contribution >= 4 is 75.4 Å². The van der Waals surface area contributed by atoms with Gasteiger partial charge in [-0.25, -0.2) is 0 Å². The van der Waals surface area contributed by atoms with E-state index in [0.717, 1.165) is 0 Å². The van der Waals surface area contributed by atoms with Gasteiger partial charge in [-0.2, -0.15) is 0 Å². The average molecular weight is 479 g/mol. The molecule has 0 N–H and O–H groups in total. The van der Waals surface area contributed by atoms with Gasteiger partial charge in [0, 0.05) is 0 Å². The molecule has 0 heterocycles. The monoisotopic (exact) mass is 478 g/mol. The molecule has 9 aromatic rings. The van der Waals surface area contributed by atoms with E-state index in [0.29, 0.717) is 0 Å². The van der Waals surface area contributed by atoms with Gasteiger partial charge in [0.15, 0.2) is 0 Å². The molecule has 0 saturated carbocycles. The maximum atomic E-state index is 2.38. The van der Waals surface area contributed by atoms with Gasteiger partial charge < -0.3 is 0 Å². The van der Waals surface area contributed by atoms with Crippen LogP contribution in [0.4, 0.5) is 0 Å². The van der Waals surface area contributed by atoms with Crippen LogP contribution in [-0.2, 0) is 0 Å². The average Bonchev–Trinajstić information content (AvgIpc) is 2.99. The molecule has 0 atom stereocenters. The predicted molar refractivity (Wildman–Crippen MR) is 166 cm³/mol. The normalized spacial score (nSPS) is 12.2. The van der Waals surface area contributed by atoms with E-state index in [4.69, 9.17) is 0 Å². The summed E-state index contributed by atoms with van der Waals surface area (Å²) in [5, 5.41) is 18.5. The van der Waals surface area contributed by atoms with Crippen molar-refractivity contribution in [1.29, 1.82) is 0 Å². The zero-order valence-electron chi connectivity index (χ0n) is 20.7. The number of rotatable bonds is 1. The van der Waals surface area contributed by atoms with Gasteiger partial charge >= 0.3 is 0 Å². The van der Waals surface area contributed by atoms with Gasteiger partial charge in [-0.15, -0.1) is 0 Å². The van der Waals surface area contributed by atoms with Crippen molar-refractivity contribution in [2.24, 2.45) is 0 Å². The van der Waals surface area contributed by atoms with Crippen LogP contribution in [0.1, 0.15) is 0 Å². The summed E-state index contributed by atoms with van der Waals surface area (Å²) in [5.74, 6) is 0. The van der Waals surface area contributed by atoms with Gasteiger partial charge in [0.1, 0.15) is 0 Å². The summed E-state index contributed by atoms with van der Waals surface area (Å²) >= 11 is 0. The molecule has 0 spiro atoms. The Hall–Kier alpha value is -4.94. The maximum absolute atomic E-state index is 2.38. The first-order valence-electron chi connectivity index (χ1n) is 13.3. The summed E-state index contributed by atoms with van der Waals surface area (Å²) in [4.78, 5) is 0. The second-order valence-electron chi connectivity index (χ2n) is 10.5. The Bertz CT molecular complexity index is 2340. The third-order valence-electron chi connectivity index (χ3n) is 8.54. The van der Waals surface area contributed by atoms with E-state index in [1.54, 1.807) is 0 Å². The Kier molecular flexibility index (Phi) is 3.88. The van der Waals surface area contributed by atoms with E-state index in [9.17, 15) is 0 Å². The van der Waals surface area contributed by atoms with E-state index in [1.807, 2.05) is 0 Å². The standard InChI is InChI=1S/C38H22/c1-2-10-32-30(8-1)31-9-3-4-11-33(31)36-22-26(16-18-34(32)36)25-15-17-29-28(20-25)21-27-13-12-23-6-5-7-24-14-19-35(29)38(27)37(23)24/h1-22H. The lowest BCUT2D eigenvalue weighted by molar-refractivity contribution is 1.70. The third kappa shape index (κ3) is 2.64. The van der Waals surface area contributed by atoms with Crippen molar-refractivity contribution in [3.63, 3.8) is 0 Å². The van der Waals surface area contributed by atoms with Gasteiger partial charge in [0.2, 0.25) is 0 Å². The Balaban J connectivity index is 1.32. The third-order valence-corrected chi connectivity index (χ3v) is 8.54. The molecule has 0 heteroatoms. The van der Waals surface area contributed by atoms with Gasteiger partial charge in [-0.3, -0.25) is 0 Å². The van der Waals surface area contributed by atoms with Crippen LogP contribution < -0.4 is 0 Å². The van der Waals surface area contributed by atoms with Crippen molar-refractivity contribution in [3.05, 3.63) is 133 Å². The Labute approximate surface area is 219 Å². The Morgan fingerprint density at radius 3 is 1.47 bits per heavy atom. The molecular formula is C38H22. The minimum absolute atomic E-state index is 1.25. The zero-order valence-corrected chi connectivity index (χ0v) is 20.7. The van der Waals surface area contributed by atoms with E-state index in [2.05, 4.69) is 133 Å². The van der Waals surface area contributed by atoms with Crippen molar-refractivity contribution in [2.75, 3.05) is 0 Å². The first kappa shape index (κ1) is 20.2. The van der Waals surface area contributed by atoms with E-state index >= 15 is 0 Å². The minimum Gasteiger partial charge on any atom is -0.0616 e. The quantitative estimate of drug-likeness (QED) is 0.163. The SMILES string of the molecule is c1cc2ccc3cc4cc(-c5ccc6c7ccccc7c7ccccc7c6c5)ccc4c4ccc(c1)c2c34. The van der Waals surface area contributed by atoms with Crippen molar-refractivity contribution < 1.29 is 0 Å². The molecule has 9 rings (SSSR count). The van der Waals surface area contributed by atoms with Crippen LogP contribution in [0.2, 0.25) is 0 Å². The first-order valence-corrected chi connectivity index (χ1v) is 13.3. The lowest BCUT2D eigenvalue weighted by Crippen LogP contribution is -1.87. The van der Waals surface area contributed by atoms with E-state index < -0.39 is 0 Å². The van der Waals surface area contributed by atoms with Crippen LogP contribution in [0.3, 0.4) is 0 Å². The molecule has 0 aliphatic rings. The van der Waals surface area contributed by atoms with Crippen LogP contribution in [-0.4, -0.2) is 0 Å². The molecule has 0 aliphatic heterocycles. The molecule has 0 radical (unpaired) electrons. The lowest BCUT2D eigenvalue weighted by atomic mass is 9.89. The van der Waals surface area contributed by atoms with Crippen molar-refractivity contribution in [3.8, 4) is 11.1 Å². The molecule has 9 aromatic carbocycles. The first-order chi connectivity index (χ1) is 18.8. The molecule has 0 fully saturated rings. The smallest absolute Gasteiger partial charge is 0.00204 e. The molecule has 38 heavy (non-hydrogen) atoms. The van der Waals surface area contributed by atoms with Crippen LogP contribution in [0.25, 0.3) is 86.5 Å². The molecule has 174 valence electrons. The molecule has 0 aromatic heterocycles. The second kappa shape index (κ2) is 7.31. The van der Waals surface area contributed by atoms with Gasteiger partial charge in [-0.1, -0.05) is 115 Å². The summed E-state index contributed by atoms with van der Waals surface area (Å²) in [7, 11) is 0. The minimum atomic E-state index is 1.25. The van der Waals surface area contributed by atoms with Crippen LogP contribution >= 0.6 is 0 Å². The fourth-order valence-electron chi connectivity index (χ4n) is 6.82. The number of benzene rings is 9. The number of fused-ring (bicyclic) bond motifs is 8. The lowest BCUT2D eigenvalue weighted by Gasteiger charge is -2.14. The van der Waals surface area contributed by atoms with Crippen LogP contribution in [0, 0.1) is 0 Å². The molecule has 0 unspecified atom stereocenters. The topological polar surface area (TPSA) is 0 Å². The Morgan fingerprint density at radius 2 is 0.763 bits per heavy atom. The van der Waals surface area contributed by atoms with Crippen molar-refractivity contribution in [2.45, 2.75) is 0 Å². The van der Waals surface area contributed by atoms with Crippen LogP contribution in [0.15, 0.2) is 133 Å². The van der Waals surface area contributed by atoms with Gasteiger partial charge in [0.25, 0.3) is 0 Å². The highest BCUT2D eigenvalue weighted by Crippen LogP contribution is 2.41. The zero-order chi connectivity index (χ0) is 24.8. The summed E-state index contributed by atoms with van der Waals surface area (Å²) < 4.78 is 0. The predicted octanol–water partition coefficient (Wildman–Crippen LogP) is 10.9. The van der Waals surface area contributed by atoms with E-state index in [-0.39, 0.29) is 0 Å². The summed E-state index contributed by atoms with van der Waals surface area (Å²) in [6, 6.07) is 49.6. The molecular weight excluding hydrogens is 456 g/mol. The largest absolute Gasteiger partial charge is 0.0616 e. The molecule has 0 bridgehead atoms. The fourth-order valence-corrected chi connectivity index (χ4v) is 6.82. The van der Waals surface area contributed by atoms with Gasteiger partial charge in [-0.05, 0) is 105 Å². The summed E-state index contributed by atoms with van der Waals surface area (Å²) in [6.45, 7) is 0. The Morgan fingerprint density at radius 1 is 0.237 bits per heavy atom. The van der Waals surface area contributed by atoms with Crippen LogP contribution in [0.5, 0.6) is 0 Å². The highest BCUT2D eigenvalue weighted by molar-refractivity contribution is 6.29.